The van der Waals surface area contributed by atoms with Gasteiger partial charge in [-0.3, -0.25) is 0 Å². The number of amides is 1. The molecule has 0 saturated carbocycles. The molecule has 0 aromatic heterocycles. The third kappa shape index (κ3) is 1.90. The zero-order valence-electron chi connectivity index (χ0n) is 9.96. The fourth-order valence-electron chi connectivity index (χ4n) is 2.36. The third-order valence-electron chi connectivity index (χ3n) is 2.96. The molecule has 16 heavy (non-hydrogen) atoms. The Balaban J connectivity index is 2.10. The number of nitrogens with one attached hydrogen (secondary N) is 1. The van der Waals surface area contributed by atoms with Crippen molar-refractivity contribution in [1.82, 2.24) is 5.32 Å². The molecule has 86 valence electrons. The van der Waals surface area contributed by atoms with Gasteiger partial charge < -0.3 is 10.1 Å². The number of hydrogen-bond donors (Lipinski definition) is 1. The fourth-order valence-corrected chi connectivity index (χ4v) is 2.36. The van der Waals surface area contributed by atoms with Crippen LogP contribution in [0.4, 0.5) is 4.79 Å². The molecule has 1 amide bonds. The molecule has 1 unspecified atom stereocenters. The van der Waals surface area contributed by atoms with Gasteiger partial charge in [0.25, 0.3) is 0 Å². The normalized spacial score (nSPS) is 17.3. The van der Waals surface area contributed by atoms with Crippen LogP contribution in [-0.4, -0.2) is 12.7 Å². The Labute approximate surface area is 95.8 Å². The zero-order chi connectivity index (χ0) is 11.7. The Morgan fingerprint density at radius 1 is 1.50 bits per heavy atom. The van der Waals surface area contributed by atoms with Crippen molar-refractivity contribution in [3.8, 4) is 0 Å². The van der Waals surface area contributed by atoms with E-state index in [4.69, 9.17) is 4.74 Å². The second kappa shape index (κ2) is 4.16. The molecular formula is C13H17NO2. The minimum Gasteiger partial charge on any atom is -0.450 e. The molecule has 0 radical (unpaired) electrons. The van der Waals surface area contributed by atoms with Crippen LogP contribution in [0.25, 0.3) is 0 Å². The molecule has 0 heterocycles. The lowest BCUT2D eigenvalue weighted by Crippen LogP contribution is -2.36. The number of alkyl carbamates (subject to hydrolysis) is 1. The predicted octanol–water partition coefficient (Wildman–Crippen LogP) is 2.65. The van der Waals surface area contributed by atoms with E-state index in [0.29, 0.717) is 6.61 Å². The first-order valence-electron chi connectivity index (χ1n) is 5.65. The molecule has 1 N–H and O–H groups in total. The summed E-state index contributed by atoms with van der Waals surface area (Å²) in [6.07, 6.45) is 0.592. The Hall–Kier alpha value is -1.51. The van der Waals surface area contributed by atoms with Crippen molar-refractivity contribution < 1.29 is 9.53 Å². The van der Waals surface area contributed by atoms with E-state index < -0.39 is 0 Å². The third-order valence-corrected chi connectivity index (χ3v) is 2.96. The van der Waals surface area contributed by atoms with E-state index in [-0.39, 0.29) is 12.1 Å². The van der Waals surface area contributed by atoms with Crippen molar-refractivity contribution in [2.45, 2.75) is 33.2 Å². The second-order valence-electron chi connectivity index (χ2n) is 4.28. The predicted molar refractivity (Wildman–Crippen MR) is 62.5 cm³/mol. The van der Waals surface area contributed by atoms with Crippen LogP contribution in [0.2, 0.25) is 0 Å². The Morgan fingerprint density at radius 3 is 2.88 bits per heavy atom. The number of hydrogen-bond acceptors (Lipinski definition) is 2. The summed E-state index contributed by atoms with van der Waals surface area (Å²) in [6.45, 7) is 6.41. The van der Waals surface area contributed by atoms with Crippen LogP contribution in [-0.2, 0) is 11.2 Å². The van der Waals surface area contributed by atoms with Gasteiger partial charge in [0.2, 0.25) is 0 Å². The molecule has 1 aromatic carbocycles. The summed E-state index contributed by atoms with van der Waals surface area (Å²) in [5, 5.41) is 2.87. The Kier molecular flexibility index (Phi) is 2.86. The number of carbonyl (C=O) groups excluding carboxylic acids is 1. The minimum atomic E-state index is -0.321. The molecule has 0 aliphatic heterocycles. The van der Waals surface area contributed by atoms with E-state index in [9.17, 15) is 4.79 Å². The fraction of sp³-hybridized carbons (Fsp3) is 0.462. The summed E-state index contributed by atoms with van der Waals surface area (Å²) in [6, 6.07) is 4.47. The molecule has 0 fully saturated rings. The summed E-state index contributed by atoms with van der Waals surface area (Å²) in [4.78, 5) is 11.3. The summed E-state index contributed by atoms with van der Waals surface area (Å²) < 4.78 is 4.88. The van der Waals surface area contributed by atoms with Crippen molar-refractivity contribution in [2.24, 2.45) is 0 Å². The molecule has 3 heteroatoms. The molecule has 1 aliphatic rings. The Bertz CT molecular complexity index is 409. The first-order chi connectivity index (χ1) is 7.61. The first-order valence-corrected chi connectivity index (χ1v) is 5.65. The summed E-state index contributed by atoms with van der Waals surface area (Å²) in [5.74, 6) is 0. The number of ether oxygens (including phenoxy) is 1. The van der Waals surface area contributed by atoms with Crippen molar-refractivity contribution in [3.63, 3.8) is 0 Å². The molecule has 0 spiro atoms. The number of rotatable bonds is 2. The molecule has 1 atom stereocenters. The summed E-state index contributed by atoms with van der Waals surface area (Å²) in [5.41, 5.74) is 5.15. The smallest absolute Gasteiger partial charge is 0.407 e. The van der Waals surface area contributed by atoms with Crippen LogP contribution in [0, 0.1) is 13.8 Å². The molecule has 1 aromatic rings. The SMILES string of the molecule is CCOC(=O)NC1Cc2cc(C)cc(C)c21. The van der Waals surface area contributed by atoms with E-state index in [1.165, 1.54) is 22.3 Å². The number of carbonyl (C=O) groups is 1. The van der Waals surface area contributed by atoms with Crippen LogP contribution in [0.1, 0.15) is 35.2 Å². The van der Waals surface area contributed by atoms with Gasteiger partial charge in [0.05, 0.1) is 12.6 Å². The van der Waals surface area contributed by atoms with Gasteiger partial charge in [-0.1, -0.05) is 17.7 Å². The molecule has 1 aliphatic carbocycles. The van der Waals surface area contributed by atoms with Crippen molar-refractivity contribution in [1.29, 1.82) is 0 Å². The molecule has 0 bridgehead atoms. The highest BCUT2D eigenvalue weighted by Gasteiger charge is 2.29. The summed E-state index contributed by atoms with van der Waals surface area (Å²) in [7, 11) is 0. The van der Waals surface area contributed by atoms with Gasteiger partial charge in [-0.15, -0.1) is 0 Å². The highest BCUT2D eigenvalue weighted by molar-refractivity contribution is 5.69. The topological polar surface area (TPSA) is 38.3 Å². The van der Waals surface area contributed by atoms with Gasteiger partial charge in [-0.2, -0.15) is 0 Å². The van der Waals surface area contributed by atoms with E-state index >= 15 is 0 Å². The second-order valence-corrected chi connectivity index (χ2v) is 4.28. The van der Waals surface area contributed by atoms with Crippen molar-refractivity contribution in [2.75, 3.05) is 6.61 Å². The first kappa shape index (κ1) is 11.0. The lowest BCUT2D eigenvalue weighted by atomic mass is 9.79. The zero-order valence-corrected chi connectivity index (χ0v) is 9.96. The van der Waals surface area contributed by atoms with Crippen LogP contribution >= 0.6 is 0 Å². The van der Waals surface area contributed by atoms with Gasteiger partial charge in [0, 0.05) is 0 Å². The maximum atomic E-state index is 11.3. The number of fused-ring (bicyclic) bond motifs is 1. The van der Waals surface area contributed by atoms with E-state index in [0.717, 1.165) is 6.42 Å². The van der Waals surface area contributed by atoms with Crippen molar-refractivity contribution >= 4 is 6.09 Å². The van der Waals surface area contributed by atoms with Gasteiger partial charge in [0.15, 0.2) is 0 Å². The minimum absolute atomic E-state index is 0.134. The monoisotopic (exact) mass is 219 g/mol. The van der Waals surface area contributed by atoms with Crippen LogP contribution in [0.5, 0.6) is 0 Å². The van der Waals surface area contributed by atoms with Gasteiger partial charge >= 0.3 is 6.09 Å². The number of aryl methyl sites for hydroxylation is 2. The van der Waals surface area contributed by atoms with Gasteiger partial charge in [0.1, 0.15) is 0 Å². The molecular weight excluding hydrogens is 202 g/mol. The van der Waals surface area contributed by atoms with Gasteiger partial charge in [-0.25, -0.2) is 4.79 Å². The highest BCUT2D eigenvalue weighted by atomic mass is 16.5. The molecule has 0 saturated heterocycles. The average molecular weight is 219 g/mol. The number of benzene rings is 1. The Morgan fingerprint density at radius 2 is 2.25 bits per heavy atom. The molecule has 3 nitrogen and oxygen atoms in total. The maximum absolute atomic E-state index is 11.3. The largest absolute Gasteiger partial charge is 0.450 e. The average Bonchev–Trinajstić information content (AvgIpc) is 2.14. The van der Waals surface area contributed by atoms with Crippen molar-refractivity contribution in [3.05, 3.63) is 34.4 Å². The summed E-state index contributed by atoms with van der Waals surface area (Å²) >= 11 is 0. The standard InChI is InChI=1S/C13H17NO2/c1-4-16-13(15)14-11-7-10-6-8(2)5-9(3)12(10)11/h5-6,11H,4,7H2,1-3H3,(H,14,15). The van der Waals surface area contributed by atoms with Crippen LogP contribution < -0.4 is 5.32 Å². The lowest BCUT2D eigenvalue weighted by molar-refractivity contribution is 0.146. The van der Waals surface area contributed by atoms with Gasteiger partial charge in [-0.05, 0) is 43.9 Å². The van der Waals surface area contributed by atoms with Crippen LogP contribution in [0.15, 0.2) is 12.1 Å². The van der Waals surface area contributed by atoms with E-state index in [1.54, 1.807) is 0 Å². The molecule has 2 rings (SSSR count). The lowest BCUT2D eigenvalue weighted by Gasteiger charge is -2.32. The highest BCUT2D eigenvalue weighted by Crippen LogP contribution is 2.36. The van der Waals surface area contributed by atoms with E-state index in [1.807, 2.05) is 6.92 Å². The maximum Gasteiger partial charge on any atom is 0.407 e. The van der Waals surface area contributed by atoms with Crippen LogP contribution in [0.3, 0.4) is 0 Å². The quantitative estimate of drug-likeness (QED) is 0.830. The van der Waals surface area contributed by atoms with E-state index in [2.05, 4.69) is 31.3 Å².